The van der Waals surface area contributed by atoms with Gasteiger partial charge >= 0.3 is 0 Å². The molecule has 4 heteroatoms. The van der Waals surface area contributed by atoms with Crippen LogP contribution in [0.1, 0.15) is 55.2 Å². The normalized spacial score (nSPS) is 21.4. The molecule has 12 rings (SSSR count). The van der Waals surface area contributed by atoms with Crippen LogP contribution in [0.3, 0.4) is 0 Å². The minimum Gasteiger partial charge on any atom is -0.208 e. The molecule has 0 radical (unpaired) electrons. The summed E-state index contributed by atoms with van der Waals surface area (Å²) in [6.07, 6.45) is 7.90. The highest BCUT2D eigenvalue weighted by Crippen LogP contribution is 2.66. The molecule has 4 nitrogen and oxygen atoms in total. The highest BCUT2D eigenvalue weighted by molar-refractivity contribution is 5.73. The Morgan fingerprint density at radius 2 is 0.667 bits per heavy atom. The lowest BCUT2D eigenvalue weighted by atomic mass is 9.41. The Labute approximate surface area is 352 Å². The number of nitrogens with zero attached hydrogens (tertiary/aromatic N) is 4. The summed E-state index contributed by atoms with van der Waals surface area (Å²) in [5.41, 5.74) is 14.3. The van der Waals surface area contributed by atoms with E-state index in [1.165, 1.54) is 77.5 Å². The fraction of sp³-hybridized carbons (Fsp3) is 0.179. The summed E-state index contributed by atoms with van der Waals surface area (Å²) < 4.78 is 0. The van der Waals surface area contributed by atoms with Crippen molar-refractivity contribution in [1.29, 1.82) is 5.26 Å². The van der Waals surface area contributed by atoms with Gasteiger partial charge in [0.2, 0.25) is 0 Å². The topological polar surface area (TPSA) is 62.5 Å². The molecule has 0 N–H and O–H groups in total. The van der Waals surface area contributed by atoms with Crippen LogP contribution in [0, 0.1) is 23.2 Å². The molecule has 1 aromatic heterocycles. The number of rotatable bonds is 8. The molecule has 0 spiro atoms. The lowest BCUT2D eigenvalue weighted by molar-refractivity contribution is -0.0281. The van der Waals surface area contributed by atoms with Crippen LogP contribution in [0.25, 0.3) is 67.5 Å². The van der Waals surface area contributed by atoms with Crippen LogP contribution in [0.2, 0.25) is 0 Å². The fourth-order valence-corrected chi connectivity index (χ4v) is 11.3. The Hall–Kier alpha value is -6.96. The summed E-state index contributed by atoms with van der Waals surface area (Å²) >= 11 is 0. The molecule has 2 unspecified atom stereocenters. The van der Waals surface area contributed by atoms with Crippen molar-refractivity contribution < 1.29 is 0 Å². The van der Waals surface area contributed by atoms with E-state index in [0.717, 1.165) is 34.1 Å². The molecular weight excluding hydrogens is 729 g/mol. The first-order valence-electron chi connectivity index (χ1n) is 21.3. The maximum absolute atomic E-state index is 9.23. The minimum atomic E-state index is 0.248. The highest BCUT2D eigenvalue weighted by Gasteiger charge is 2.58. The Kier molecular flexibility index (Phi) is 8.85. The van der Waals surface area contributed by atoms with Gasteiger partial charge in [-0.2, -0.15) is 5.26 Å². The van der Waals surface area contributed by atoms with Crippen molar-refractivity contribution in [2.75, 3.05) is 0 Å². The number of hydrogen-bond acceptors (Lipinski definition) is 4. The lowest BCUT2D eigenvalue weighted by Gasteiger charge is -2.63. The van der Waals surface area contributed by atoms with Gasteiger partial charge in [0.1, 0.15) is 0 Å². The van der Waals surface area contributed by atoms with Crippen LogP contribution in [-0.4, -0.2) is 15.0 Å². The van der Waals surface area contributed by atoms with Gasteiger partial charge in [-0.1, -0.05) is 170 Å². The highest BCUT2D eigenvalue weighted by atomic mass is 15.0. The molecule has 7 aromatic carbocycles. The molecule has 0 amide bonds. The summed E-state index contributed by atoms with van der Waals surface area (Å²) in [6.45, 7) is 0. The summed E-state index contributed by atoms with van der Waals surface area (Å²) in [4.78, 5) is 14.7. The van der Waals surface area contributed by atoms with E-state index in [4.69, 9.17) is 15.0 Å². The van der Waals surface area contributed by atoms with Gasteiger partial charge in [0.25, 0.3) is 0 Å². The number of hydrogen-bond donors (Lipinski definition) is 0. The van der Waals surface area contributed by atoms with Crippen molar-refractivity contribution >= 4 is 0 Å². The predicted octanol–water partition coefficient (Wildman–Crippen LogP) is 13.5. The van der Waals surface area contributed by atoms with Gasteiger partial charge in [0, 0.05) is 16.7 Å². The summed E-state index contributed by atoms with van der Waals surface area (Å²) in [6, 6.07) is 67.0. The first-order chi connectivity index (χ1) is 29.5. The SMILES string of the molecule is N#Cc1ccc(-c2ccc(C34CC5CC(C3)CC(c3ccc(-c6ccc(-c7ccc(-c8nc(-c9ccccc9)nc(-c9ccccc9)n8)cc7)cc6)cc3)(C5)C4)cc2)cc1. The smallest absolute Gasteiger partial charge is 0.164 e. The number of aromatic nitrogens is 3. The summed E-state index contributed by atoms with van der Waals surface area (Å²) in [5.74, 6) is 3.57. The van der Waals surface area contributed by atoms with Gasteiger partial charge in [-0.15, -0.1) is 0 Å². The average molecular weight is 773 g/mol. The van der Waals surface area contributed by atoms with Gasteiger partial charge in [0.15, 0.2) is 17.5 Å². The average Bonchev–Trinajstić information content (AvgIpc) is 3.32. The Morgan fingerprint density at radius 1 is 0.367 bits per heavy atom. The van der Waals surface area contributed by atoms with E-state index in [1.54, 1.807) is 0 Å². The predicted molar refractivity (Wildman–Crippen MR) is 242 cm³/mol. The van der Waals surface area contributed by atoms with Crippen molar-refractivity contribution in [3.63, 3.8) is 0 Å². The van der Waals surface area contributed by atoms with Gasteiger partial charge in [-0.25, -0.2) is 15.0 Å². The molecule has 0 aliphatic heterocycles. The second-order valence-electron chi connectivity index (χ2n) is 17.6. The van der Waals surface area contributed by atoms with E-state index in [-0.39, 0.29) is 10.8 Å². The standard InChI is InChI=1S/C56H44N4/c57-36-38-11-13-41(14-12-38)45-23-27-50(28-24-45)55-32-39-31-40(33-55)35-56(34-39,37-55)51-29-25-46(26-30-51)43-17-15-42(16-18-43)44-19-21-49(22-20-44)54-59-52(47-7-3-1-4-8-47)58-53(60-54)48-9-5-2-6-10-48/h1-30,39-40H,31-35,37H2. The first-order valence-corrected chi connectivity index (χ1v) is 21.3. The minimum absolute atomic E-state index is 0.248. The third kappa shape index (κ3) is 6.61. The van der Waals surface area contributed by atoms with Crippen molar-refractivity contribution in [3.05, 3.63) is 199 Å². The van der Waals surface area contributed by atoms with E-state index in [1.807, 2.05) is 72.8 Å². The molecule has 1 heterocycles. The Morgan fingerprint density at radius 3 is 1.02 bits per heavy atom. The van der Waals surface area contributed by atoms with Gasteiger partial charge in [-0.05, 0) is 118 Å². The molecule has 288 valence electrons. The quantitative estimate of drug-likeness (QED) is 0.154. The monoisotopic (exact) mass is 772 g/mol. The molecule has 4 fully saturated rings. The zero-order chi connectivity index (χ0) is 40.1. The third-order valence-electron chi connectivity index (χ3n) is 13.8. The van der Waals surface area contributed by atoms with Crippen LogP contribution < -0.4 is 0 Å². The summed E-state index contributed by atoms with van der Waals surface area (Å²) in [5, 5.41) is 9.23. The lowest BCUT2D eigenvalue weighted by Crippen LogP contribution is -2.55. The van der Waals surface area contributed by atoms with E-state index in [2.05, 4.69) is 115 Å². The van der Waals surface area contributed by atoms with Gasteiger partial charge in [-0.3, -0.25) is 0 Å². The van der Waals surface area contributed by atoms with Crippen LogP contribution in [0.5, 0.6) is 0 Å². The van der Waals surface area contributed by atoms with Crippen molar-refractivity contribution in [2.24, 2.45) is 11.8 Å². The number of benzene rings is 7. The molecule has 2 atom stereocenters. The maximum Gasteiger partial charge on any atom is 0.164 e. The zero-order valence-electron chi connectivity index (χ0n) is 33.5. The van der Waals surface area contributed by atoms with Crippen molar-refractivity contribution in [3.8, 4) is 73.6 Å². The molecular formula is C56H44N4. The van der Waals surface area contributed by atoms with Crippen LogP contribution in [0.15, 0.2) is 182 Å². The zero-order valence-corrected chi connectivity index (χ0v) is 33.5. The van der Waals surface area contributed by atoms with Crippen LogP contribution in [-0.2, 0) is 10.8 Å². The Balaban J connectivity index is 0.814. The maximum atomic E-state index is 9.23. The molecule has 4 bridgehead atoms. The molecule has 4 aliphatic rings. The van der Waals surface area contributed by atoms with Crippen molar-refractivity contribution in [1.82, 2.24) is 15.0 Å². The van der Waals surface area contributed by atoms with E-state index in [9.17, 15) is 5.26 Å². The largest absolute Gasteiger partial charge is 0.208 e. The second-order valence-corrected chi connectivity index (χ2v) is 17.6. The summed E-state index contributed by atoms with van der Waals surface area (Å²) in [7, 11) is 0. The molecule has 4 saturated carbocycles. The fourth-order valence-electron chi connectivity index (χ4n) is 11.3. The van der Waals surface area contributed by atoms with E-state index < -0.39 is 0 Å². The Bertz CT molecular complexity index is 2770. The van der Waals surface area contributed by atoms with Crippen LogP contribution >= 0.6 is 0 Å². The molecule has 8 aromatic rings. The second kappa shape index (κ2) is 14.7. The van der Waals surface area contributed by atoms with Crippen LogP contribution in [0.4, 0.5) is 0 Å². The third-order valence-corrected chi connectivity index (χ3v) is 13.8. The molecule has 60 heavy (non-hydrogen) atoms. The van der Waals surface area contributed by atoms with E-state index in [0.29, 0.717) is 23.0 Å². The van der Waals surface area contributed by atoms with Gasteiger partial charge in [0.05, 0.1) is 11.6 Å². The van der Waals surface area contributed by atoms with Gasteiger partial charge < -0.3 is 0 Å². The van der Waals surface area contributed by atoms with Crippen molar-refractivity contribution in [2.45, 2.75) is 49.4 Å². The molecule has 0 saturated heterocycles. The first kappa shape index (κ1) is 36.1. The molecule has 4 aliphatic carbocycles. The van der Waals surface area contributed by atoms with E-state index >= 15 is 0 Å². The number of nitriles is 1.